The molecule has 0 bridgehead atoms. The SMILES string of the molecule is CC1Cc2ccccc2N1S(=O)(=O)N1CCc2ccccc21. The molecule has 0 radical (unpaired) electrons. The maximum absolute atomic E-state index is 13.2. The summed E-state index contributed by atoms with van der Waals surface area (Å²) in [4.78, 5) is 0. The molecule has 5 heteroatoms. The van der Waals surface area contributed by atoms with E-state index in [4.69, 9.17) is 0 Å². The highest BCUT2D eigenvalue weighted by molar-refractivity contribution is 7.94. The maximum Gasteiger partial charge on any atom is 0.326 e. The fourth-order valence-electron chi connectivity index (χ4n) is 3.54. The molecular formula is C17H18N2O2S. The molecule has 4 nitrogen and oxygen atoms in total. The highest BCUT2D eigenvalue weighted by Gasteiger charge is 2.40. The third-order valence-electron chi connectivity index (χ3n) is 4.52. The van der Waals surface area contributed by atoms with Crippen LogP contribution in [0, 0.1) is 0 Å². The van der Waals surface area contributed by atoms with Crippen LogP contribution in [0.5, 0.6) is 0 Å². The molecule has 0 saturated carbocycles. The first-order valence-corrected chi connectivity index (χ1v) is 8.96. The molecule has 22 heavy (non-hydrogen) atoms. The van der Waals surface area contributed by atoms with Gasteiger partial charge in [0.05, 0.1) is 11.4 Å². The van der Waals surface area contributed by atoms with Crippen LogP contribution in [-0.2, 0) is 23.1 Å². The number of hydrogen-bond acceptors (Lipinski definition) is 2. The van der Waals surface area contributed by atoms with E-state index in [0.717, 1.165) is 35.3 Å². The molecule has 0 saturated heterocycles. The van der Waals surface area contributed by atoms with Crippen LogP contribution < -0.4 is 8.61 Å². The highest BCUT2D eigenvalue weighted by Crippen LogP contribution is 2.38. The first-order chi connectivity index (χ1) is 10.6. The lowest BCUT2D eigenvalue weighted by atomic mass is 10.1. The lowest BCUT2D eigenvalue weighted by Gasteiger charge is -2.30. The number of hydrogen-bond donors (Lipinski definition) is 0. The number of nitrogens with zero attached hydrogens (tertiary/aromatic N) is 2. The molecule has 114 valence electrons. The van der Waals surface area contributed by atoms with Crippen molar-refractivity contribution in [1.29, 1.82) is 0 Å². The molecule has 4 rings (SSSR count). The first kappa shape index (κ1) is 13.6. The van der Waals surface area contributed by atoms with Crippen LogP contribution in [-0.4, -0.2) is 21.0 Å². The predicted octanol–water partition coefficient (Wildman–Crippen LogP) is 2.75. The van der Waals surface area contributed by atoms with E-state index < -0.39 is 10.2 Å². The molecule has 0 aromatic heterocycles. The molecule has 2 heterocycles. The average molecular weight is 314 g/mol. The van der Waals surface area contributed by atoms with Crippen molar-refractivity contribution in [2.24, 2.45) is 0 Å². The van der Waals surface area contributed by atoms with E-state index in [0.29, 0.717) is 6.54 Å². The zero-order chi connectivity index (χ0) is 15.3. The number of fused-ring (bicyclic) bond motifs is 2. The van der Waals surface area contributed by atoms with Gasteiger partial charge in [0.2, 0.25) is 0 Å². The number of rotatable bonds is 2. The van der Waals surface area contributed by atoms with Gasteiger partial charge in [0, 0.05) is 12.6 Å². The second-order valence-electron chi connectivity index (χ2n) is 5.94. The van der Waals surface area contributed by atoms with Crippen LogP contribution in [0.2, 0.25) is 0 Å². The van der Waals surface area contributed by atoms with Crippen molar-refractivity contribution in [3.8, 4) is 0 Å². The minimum atomic E-state index is -3.55. The van der Waals surface area contributed by atoms with E-state index in [2.05, 4.69) is 0 Å². The van der Waals surface area contributed by atoms with Gasteiger partial charge in [0.25, 0.3) is 0 Å². The lowest BCUT2D eigenvalue weighted by Crippen LogP contribution is -2.46. The molecule has 2 aliphatic heterocycles. The predicted molar refractivity (Wildman–Crippen MR) is 88.5 cm³/mol. The second-order valence-corrected chi connectivity index (χ2v) is 7.67. The average Bonchev–Trinajstić information content (AvgIpc) is 3.07. The zero-order valence-corrected chi connectivity index (χ0v) is 13.3. The fraction of sp³-hybridized carbons (Fsp3) is 0.294. The summed E-state index contributed by atoms with van der Waals surface area (Å²) in [5.74, 6) is 0. The van der Waals surface area contributed by atoms with Gasteiger partial charge < -0.3 is 0 Å². The standard InChI is InChI=1S/C17H18N2O2S/c1-13-12-15-7-3-5-9-17(15)19(13)22(20,21)18-11-10-14-6-2-4-8-16(14)18/h2-9,13H,10-12H2,1H3. The zero-order valence-electron chi connectivity index (χ0n) is 12.4. The van der Waals surface area contributed by atoms with Gasteiger partial charge in [-0.05, 0) is 43.0 Å². The Bertz CT molecular complexity index is 832. The van der Waals surface area contributed by atoms with Gasteiger partial charge in [0.1, 0.15) is 0 Å². The maximum atomic E-state index is 13.2. The van der Waals surface area contributed by atoms with Gasteiger partial charge in [-0.3, -0.25) is 4.31 Å². The Balaban J connectivity index is 1.80. The molecule has 0 spiro atoms. The topological polar surface area (TPSA) is 40.6 Å². The summed E-state index contributed by atoms with van der Waals surface area (Å²) >= 11 is 0. The van der Waals surface area contributed by atoms with Gasteiger partial charge in [-0.2, -0.15) is 8.42 Å². The first-order valence-electron chi connectivity index (χ1n) is 7.57. The van der Waals surface area contributed by atoms with Crippen molar-refractivity contribution in [2.75, 3.05) is 15.2 Å². The van der Waals surface area contributed by atoms with Crippen LogP contribution in [0.25, 0.3) is 0 Å². The van der Waals surface area contributed by atoms with Gasteiger partial charge >= 0.3 is 10.2 Å². The Morgan fingerprint density at radius 1 is 0.955 bits per heavy atom. The quantitative estimate of drug-likeness (QED) is 0.855. The van der Waals surface area contributed by atoms with Gasteiger partial charge in [-0.25, -0.2) is 4.31 Å². The Kier molecular flexibility index (Phi) is 2.94. The van der Waals surface area contributed by atoms with E-state index in [1.807, 2.05) is 55.5 Å². The molecule has 1 unspecified atom stereocenters. The van der Waals surface area contributed by atoms with E-state index in [9.17, 15) is 8.42 Å². The van der Waals surface area contributed by atoms with Crippen molar-refractivity contribution in [3.63, 3.8) is 0 Å². The Morgan fingerprint density at radius 3 is 2.36 bits per heavy atom. The van der Waals surface area contributed by atoms with Crippen LogP contribution in [0.3, 0.4) is 0 Å². The van der Waals surface area contributed by atoms with Crippen molar-refractivity contribution in [1.82, 2.24) is 0 Å². The highest BCUT2D eigenvalue weighted by atomic mass is 32.2. The van der Waals surface area contributed by atoms with Gasteiger partial charge in [-0.1, -0.05) is 36.4 Å². The van der Waals surface area contributed by atoms with E-state index in [1.165, 1.54) is 0 Å². The van der Waals surface area contributed by atoms with Crippen molar-refractivity contribution in [3.05, 3.63) is 59.7 Å². The van der Waals surface area contributed by atoms with Gasteiger partial charge in [0.15, 0.2) is 0 Å². The Morgan fingerprint density at radius 2 is 1.59 bits per heavy atom. The minimum absolute atomic E-state index is 0.0461. The number of benzene rings is 2. The normalized spacial score (nSPS) is 20.1. The van der Waals surface area contributed by atoms with Crippen LogP contribution in [0.15, 0.2) is 48.5 Å². The Labute approximate surface area is 131 Å². The summed E-state index contributed by atoms with van der Waals surface area (Å²) < 4.78 is 29.6. The molecule has 0 aliphatic carbocycles. The summed E-state index contributed by atoms with van der Waals surface area (Å²) in [5, 5.41) is 0. The molecule has 0 fully saturated rings. The summed E-state index contributed by atoms with van der Waals surface area (Å²) in [6, 6.07) is 15.5. The largest absolute Gasteiger partial charge is 0.326 e. The molecular weight excluding hydrogens is 296 g/mol. The second kappa shape index (κ2) is 4.74. The number of anilines is 2. The van der Waals surface area contributed by atoms with Crippen LogP contribution in [0.1, 0.15) is 18.1 Å². The van der Waals surface area contributed by atoms with E-state index in [1.54, 1.807) is 8.61 Å². The summed E-state index contributed by atoms with van der Waals surface area (Å²) in [6.45, 7) is 2.49. The fourth-order valence-corrected chi connectivity index (χ4v) is 5.46. The summed E-state index contributed by atoms with van der Waals surface area (Å²) in [5.41, 5.74) is 3.84. The molecule has 1 atom stereocenters. The molecule has 0 amide bonds. The monoisotopic (exact) mass is 314 g/mol. The third-order valence-corrected chi connectivity index (χ3v) is 6.51. The van der Waals surface area contributed by atoms with E-state index >= 15 is 0 Å². The molecule has 0 N–H and O–H groups in total. The smallest absolute Gasteiger partial charge is 0.253 e. The van der Waals surface area contributed by atoms with Crippen molar-refractivity contribution >= 4 is 21.6 Å². The summed E-state index contributed by atoms with van der Waals surface area (Å²) in [7, 11) is -3.55. The van der Waals surface area contributed by atoms with Gasteiger partial charge in [-0.15, -0.1) is 0 Å². The molecule has 2 aliphatic rings. The van der Waals surface area contributed by atoms with Crippen molar-refractivity contribution in [2.45, 2.75) is 25.8 Å². The third kappa shape index (κ3) is 1.85. The molecule has 2 aromatic rings. The van der Waals surface area contributed by atoms with Crippen LogP contribution in [0.4, 0.5) is 11.4 Å². The van der Waals surface area contributed by atoms with Crippen LogP contribution >= 0.6 is 0 Å². The summed E-state index contributed by atoms with van der Waals surface area (Å²) in [6.07, 6.45) is 1.55. The van der Waals surface area contributed by atoms with E-state index in [-0.39, 0.29) is 6.04 Å². The number of para-hydroxylation sites is 2. The minimum Gasteiger partial charge on any atom is -0.253 e. The Hall–Kier alpha value is -2.01. The lowest BCUT2D eigenvalue weighted by molar-refractivity contribution is 0.580. The molecule has 2 aromatic carbocycles. The van der Waals surface area contributed by atoms with Crippen molar-refractivity contribution < 1.29 is 8.42 Å².